The molecule has 0 N–H and O–H groups in total. The topological polar surface area (TPSA) is 61.6 Å². The van der Waals surface area contributed by atoms with Crippen LogP contribution in [0.2, 0.25) is 0 Å². The number of rotatable bonds is 5. The molecule has 0 amide bonds. The van der Waals surface area contributed by atoms with E-state index in [2.05, 4.69) is 4.98 Å². The van der Waals surface area contributed by atoms with Crippen molar-refractivity contribution in [2.45, 2.75) is 13.3 Å². The minimum Gasteiger partial charge on any atom is -0.497 e. The molecule has 5 heteroatoms. The Hall–Kier alpha value is -2.30. The van der Waals surface area contributed by atoms with Crippen LogP contribution >= 0.6 is 0 Å². The third-order valence-electron chi connectivity index (χ3n) is 2.55. The summed E-state index contributed by atoms with van der Waals surface area (Å²) in [5.41, 5.74) is 1.23. The van der Waals surface area contributed by atoms with Crippen molar-refractivity contribution in [3.63, 3.8) is 0 Å². The van der Waals surface area contributed by atoms with E-state index in [0.29, 0.717) is 18.9 Å². The molecule has 0 aliphatic rings. The van der Waals surface area contributed by atoms with Gasteiger partial charge in [0.15, 0.2) is 11.6 Å². The first-order valence-corrected chi connectivity index (χ1v) is 5.97. The lowest BCUT2D eigenvalue weighted by molar-refractivity contribution is 0.0519. The monoisotopic (exact) mass is 261 g/mol. The average molecular weight is 261 g/mol. The summed E-state index contributed by atoms with van der Waals surface area (Å²) in [6, 6.07) is 7.58. The predicted molar refractivity (Wildman–Crippen MR) is 68.3 cm³/mol. The average Bonchev–Trinajstić information content (AvgIpc) is 2.88. The van der Waals surface area contributed by atoms with Crippen LogP contribution in [-0.4, -0.2) is 24.7 Å². The predicted octanol–water partition coefficient (Wildman–Crippen LogP) is 2.45. The van der Waals surface area contributed by atoms with Gasteiger partial charge < -0.3 is 13.9 Å². The van der Waals surface area contributed by atoms with E-state index < -0.39 is 5.97 Å². The van der Waals surface area contributed by atoms with E-state index in [1.54, 1.807) is 14.0 Å². The summed E-state index contributed by atoms with van der Waals surface area (Å²) < 4.78 is 15.2. The summed E-state index contributed by atoms with van der Waals surface area (Å²) in [6.07, 6.45) is 1.83. The van der Waals surface area contributed by atoms with Gasteiger partial charge >= 0.3 is 5.97 Å². The fraction of sp³-hybridized carbons (Fsp3) is 0.286. The molecule has 0 aliphatic heterocycles. The zero-order chi connectivity index (χ0) is 13.7. The van der Waals surface area contributed by atoms with E-state index in [0.717, 1.165) is 11.3 Å². The van der Waals surface area contributed by atoms with Gasteiger partial charge in [-0.25, -0.2) is 9.78 Å². The molecule has 0 unspecified atom stereocenters. The molecule has 19 heavy (non-hydrogen) atoms. The number of esters is 1. The molecule has 1 heterocycles. The number of carbonyl (C=O) groups is 1. The van der Waals surface area contributed by atoms with Gasteiger partial charge in [-0.15, -0.1) is 0 Å². The van der Waals surface area contributed by atoms with Gasteiger partial charge in [-0.1, -0.05) is 12.1 Å². The van der Waals surface area contributed by atoms with Crippen molar-refractivity contribution in [1.82, 2.24) is 4.98 Å². The van der Waals surface area contributed by atoms with Gasteiger partial charge in [0.1, 0.15) is 12.0 Å². The van der Waals surface area contributed by atoms with E-state index in [1.807, 2.05) is 24.3 Å². The molecule has 5 nitrogen and oxygen atoms in total. The number of ether oxygens (including phenoxy) is 2. The molecule has 0 bridgehead atoms. The highest BCUT2D eigenvalue weighted by Gasteiger charge is 2.13. The molecule has 0 atom stereocenters. The van der Waals surface area contributed by atoms with Gasteiger partial charge in [-0.2, -0.15) is 0 Å². The summed E-state index contributed by atoms with van der Waals surface area (Å²) in [7, 11) is 1.62. The summed E-state index contributed by atoms with van der Waals surface area (Å²) in [5.74, 6) is 0.809. The largest absolute Gasteiger partial charge is 0.497 e. The lowest BCUT2D eigenvalue weighted by atomic mass is 10.1. The van der Waals surface area contributed by atoms with E-state index >= 15 is 0 Å². The van der Waals surface area contributed by atoms with Crippen molar-refractivity contribution in [2.24, 2.45) is 0 Å². The summed E-state index contributed by atoms with van der Waals surface area (Å²) in [5, 5.41) is 0. The van der Waals surface area contributed by atoms with Crippen LogP contribution in [0.1, 0.15) is 28.9 Å². The van der Waals surface area contributed by atoms with E-state index in [1.165, 1.54) is 6.26 Å². The quantitative estimate of drug-likeness (QED) is 0.774. The zero-order valence-electron chi connectivity index (χ0n) is 10.9. The number of hydrogen-bond donors (Lipinski definition) is 0. The second kappa shape index (κ2) is 6.04. The highest BCUT2D eigenvalue weighted by atomic mass is 16.5. The maximum atomic E-state index is 11.4. The fourth-order valence-electron chi connectivity index (χ4n) is 1.61. The Morgan fingerprint density at radius 1 is 1.32 bits per heavy atom. The molecular formula is C14H15NO4. The van der Waals surface area contributed by atoms with Gasteiger partial charge in [-0.05, 0) is 24.6 Å². The highest BCUT2D eigenvalue weighted by molar-refractivity contribution is 5.86. The van der Waals surface area contributed by atoms with Crippen LogP contribution in [0, 0.1) is 0 Å². The maximum absolute atomic E-state index is 11.4. The fourth-order valence-corrected chi connectivity index (χ4v) is 1.61. The second-order valence-electron chi connectivity index (χ2n) is 3.87. The summed E-state index contributed by atoms with van der Waals surface area (Å²) in [6.45, 7) is 2.07. The molecular weight excluding hydrogens is 246 g/mol. The number of aromatic nitrogens is 1. The van der Waals surface area contributed by atoms with Crippen molar-refractivity contribution >= 4 is 5.97 Å². The van der Waals surface area contributed by atoms with Crippen LogP contribution in [0.5, 0.6) is 5.75 Å². The Balaban J connectivity index is 2.04. The van der Waals surface area contributed by atoms with Crippen molar-refractivity contribution in [3.05, 3.63) is 47.7 Å². The van der Waals surface area contributed by atoms with Gasteiger partial charge in [0.05, 0.1) is 13.7 Å². The SMILES string of the molecule is CCOC(=O)c1coc(Cc2ccc(OC)cc2)n1. The number of methoxy groups -OCH3 is 1. The van der Waals surface area contributed by atoms with Gasteiger partial charge in [0.25, 0.3) is 0 Å². The van der Waals surface area contributed by atoms with E-state index in [-0.39, 0.29) is 5.69 Å². The number of oxazole rings is 1. The third kappa shape index (κ3) is 3.34. The van der Waals surface area contributed by atoms with Crippen molar-refractivity contribution in [2.75, 3.05) is 13.7 Å². The molecule has 0 saturated carbocycles. The van der Waals surface area contributed by atoms with Crippen LogP contribution in [0.15, 0.2) is 34.9 Å². The smallest absolute Gasteiger partial charge is 0.360 e. The molecule has 0 radical (unpaired) electrons. The second-order valence-corrected chi connectivity index (χ2v) is 3.87. The molecule has 1 aromatic heterocycles. The lowest BCUT2D eigenvalue weighted by Gasteiger charge is -2.00. The molecule has 0 spiro atoms. The van der Waals surface area contributed by atoms with Gasteiger partial charge in [-0.3, -0.25) is 0 Å². The Bertz CT molecular complexity index is 545. The van der Waals surface area contributed by atoms with Crippen molar-refractivity contribution in [1.29, 1.82) is 0 Å². The van der Waals surface area contributed by atoms with Crippen LogP contribution in [0.4, 0.5) is 0 Å². The minimum absolute atomic E-state index is 0.199. The molecule has 1 aromatic carbocycles. The van der Waals surface area contributed by atoms with Crippen LogP contribution in [0.3, 0.4) is 0 Å². The first kappa shape index (κ1) is 13.1. The van der Waals surface area contributed by atoms with Gasteiger partial charge in [0, 0.05) is 6.42 Å². The number of nitrogens with zero attached hydrogens (tertiary/aromatic N) is 1. The normalized spacial score (nSPS) is 10.2. The summed E-state index contributed by atoms with van der Waals surface area (Å²) in [4.78, 5) is 15.5. The standard InChI is InChI=1S/C14H15NO4/c1-3-18-14(16)12-9-19-13(15-12)8-10-4-6-11(17-2)7-5-10/h4-7,9H,3,8H2,1-2H3. The summed E-state index contributed by atoms with van der Waals surface area (Å²) >= 11 is 0. The Morgan fingerprint density at radius 3 is 2.68 bits per heavy atom. The molecule has 2 aromatic rings. The third-order valence-corrected chi connectivity index (χ3v) is 2.55. The first-order chi connectivity index (χ1) is 9.22. The first-order valence-electron chi connectivity index (χ1n) is 5.97. The zero-order valence-corrected chi connectivity index (χ0v) is 10.9. The van der Waals surface area contributed by atoms with Crippen LogP contribution < -0.4 is 4.74 Å². The number of benzene rings is 1. The Labute approximate surface area is 111 Å². The van der Waals surface area contributed by atoms with Crippen LogP contribution in [-0.2, 0) is 11.2 Å². The highest BCUT2D eigenvalue weighted by Crippen LogP contribution is 2.15. The Morgan fingerprint density at radius 2 is 2.05 bits per heavy atom. The van der Waals surface area contributed by atoms with E-state index in [4.69, 9.17) is 13.9 Å². The molecule has 0 saturated heterocycles. The van der Waals surface area contributed by atoms with Crippen molar-refractivity contribution < 1.29 is 18.7 Å². The maximum Gasteiger partial charge on any atom is 0.360 e. The molecule has 0 fully saturated rings. The molecule has 2 rings (SSSR count). The number of carbonyl (C=O) groups excluding carboxylic acids is 1. The van der Waals surface area contributed by atoms with E-state index in [9.17, 15) is 4.79 Å². The Kier molecular flexibility index (Phi) is 4.18. The van der Waals surface area contributed by atoms with Gasteiger partial charge in [0.2, 0.25) is 0 Å². The minimum atomic E-state index is -0.466. The number of hydrogen-bond acceptors (Lipinski definition) is 5. The molecule has 0 aliphatic carbocycles. The van der Waals surface area contributed by atoms with Crippen molar-refractivity contribution in [3.8, 4) is 5.75 Å². The lowest BCUT2D eigenvalue weighted by Crippen LogP contribution is -2.05. The van der Waals surface area contributed by atoms with Crippen LogP contribution in [0.25, 0.3) is 0 Å². The molecule has 100 valence electrons.